The largest absolute Gasteiger partial charge is 0.474 e. The van der Waals surface area contributed by atoms with Crippen molar-refractivity contribution in [1.29, 1.82) is 5.26 Å². The molecule has 1 saturated heterocycles. The molecule has 4 aromatic rings. The summed E-state index contributed by atoms with van der Waals surface area (Å²) in [7, 11) is 0. The number of alkyl halides is 3. The third-order valence-corrected chi connectivity index (χ3v) is 8.93. The van der Waals surface area contributed by atoms with Gasteiger partial charge in [0.2, 0.25) is 5.88 Å². The molecule has 0 spiro atoms. The van der Waals surface area contributed by atoms with Crippen molar-refractivity contribution in [3.63, 3.8) is 0 Å². The standard InChI is InChI=1S/C31H36F3N9O2/c1-29(2,18-44)39-15-20-11-25(31(32,33)34)41-26(12-20)45-23-4-9-42(10-5-23)22-13-30(14-22,6-7-35)43-17-21(16-40-43)27-24-3-8-36-28(24)38-19-37-27/h3,8,11-12,16-17,19,22-23,39,44H,4-6,9-10,13-15,18H2,1-2H3,(H,36,37,38). The number of halogens is 3. The van der Waals surface area contributed by atoms with Gasteiger partial charge in [-0.2, -0.15) is 23.5 Å². The molecule has 11 nitrogen and oxygen atoms in total. The average Bonchev–Trinajstić information content (AvgIpc) is 3.68. The second-order valence-corrected chi connectivity index (χ2v) is 12.7. The topological polar surface area (TPSA) is 141 Å². The molecule has 0 atom stereocenters. The van der Waals surface area contributed by atoms with E-state index in [9.17, 15) is 23.5 Å². The molecule has 4 aromatic heterocycles. The molecule has 0 radical (unpaired) electrons. The number of hydrogen-bond acceptors (Lipinski definition) is 9. The number of ether oxygens (including phenoxy) is 1. The summed E-state index contributed by atoms with van der Waals surface area (Å²) in [4.78, 5) is 18.0. The van der Waals surface area contributed by atoms with Crippen molar-refractivity contribution >= 4 is 11.0 Å². The van der Waals surface area contributed by atoms with Crippen LogP contribution in [0.25, 0.3) is 22.3 Å². The van der Waals surface area contributed by atoms with Gasteiger partial charge in [-0.05, 0) is 57.2 Å². The van der Waals surface area contributed by atoms with E-state index in [0.717, 1.165) is 54.3 Å². The number of hydrogen-bond donors (Lipinski definition) is 3. The minimum Gasteiger partial charge on any atom is -0.474 e. The lowest BCUT2D eigenvalue weighted by molar-refractivity contribution is -0.141. The van der Waals surface area contributed by atoms with Crippen LogP contribution < -0.4 is 10.1 Å². The number of piperidine rings is 1. The Bertz CT molecular complexity index is 1680. The van der Waals surface area contributed by atoms with Crippen molar-refractivity contribution < 1.29 is 23.0 Å². The van der Waals surface area contributed by atoms with Gasteiger partial charge in [0.25, 0.3) is 0 Å². The molecule has 0 unspecified atom stereocenters. The number of fused-ring (bicyclic) bond motifs is 1. The average molecular weight is 624 g/mol. The molecule has 3 N–H and O–H groups in total. The second-order valence-electron chi connectivity index (χ2n) is 12.7. The number of nitrogens with one attached hydrogen (secondary N) is 2. The molecule has 14 heteroatoms. The maximum absolute atomic E-state index is 13.6. The van der Waals surface area contributed by atoms with E-state index in [0.29, 0.717) is 24.8 Å². The molecular formula is C31H36F3N9O2. The Morgan fingerprint density at radius 3 is 2.69 bits per heavy atom. The molecule has 0 amide bonds. The minimum atomic E-state index is -4.61. The fourth-order valence-electron chi connectivity index (χ4n) is 6.24. The van der Waals surface area contributed by atoms with Crippen LogP contribution in [0.3, 0.4) is 0 Å². The van der Waals surface area contributed by atoms with Crippen molar-refractivity contribution in [3.8, 4) is 23.2 Å². The van der Waals surface area contributed by atoms with E-state index in [1.807, 2.05) is 23.1 Å². The Labute approximate surface area is 258 Å². The lowest BCUT2D eigenvalue weighted by Crippen LogP contribution is -2.58. The minimum absolute atomic E-state index is 0.0475. The zero-order valence-electron chi connectivity index (χ0n) is 25.2. The molecule has 0 bridgehead atoms. The summed E-state index contributed by atoms with van der Waals surface area (Å²) in [5, 5.41) is 27.8. The van der Waals surface area contributed by atoms with E-state index < -0.39 is 22.9 Å². The first-order valence-electron chi connectivity index (χ1n) is 15.0. The van der Waals surface area contributed by atoms with Gasteiger partial charge < -0.3 is 20.1 Å². The number of pyridine rings is 1. The van der Waals surface area contributed by atoms with Gasteiger partial charge in [-0.25, -0.2) is 15.0 Å². The number of H-pyrrole nitrogens is 1. The van der Waals surface area contributed by atoms with E-state index in [1.54, 1.807) is 20.0 Å². The number of aromatic amines is 1. The Hall–Kier alpha value is -4.06. The van der Waals surface area contributed by atoms with Crippen LogP contribution in [0.15, 0.2) is 43.1 Å². The molecule has 1 saturated carbocycles. The molecule has 0 aromatic carbocycles. The maximum atomic E-state index is 13.6. The van der Waals surface area contributed by atoms with E-state index in [2.05, 4.69) is 41.3 Å². The number of aliphatic hydroxyl groups excluding tert-OH is 1. The van der Waals surface area contributed by atoms with Crippen molar-refractivity contribution in [3.05, 3.63) is 54.4 Å². The quantitative estimate of drug-likeness (QED) is 0.234. The van der Waals surface area contributed by atoms with Gasteiger partial charge in [-0.15, -0.1) is 0 Å². The number of likely N-dealkylation sites (tertiary alicyclic amines) is 1. The molecule has 238 valence electrons. The molecular weight excluding hydrogens is 587 g/mol. The van der Waals surface area contributed by atoms with Crippen LogP contribution in [0.4, 0.5) is 13.2 Å². The summed E-state index contributed by atoms with van der Waals surface area (Å²) in [5.74, 6) is -0.0475. The van der Waals surface area contributed by atoms with E-state index in [4.69, 9.17) is 4.74 Å². The highest BCUT2D eigenvalue weighted by molar-refractivity contribution is 5.90. The van der Waals surface area contributed by atoms with E-state index >= 15 is 0 Å². The molecule has 1 aliphatic carbocycles. The van der Waals surface area contributed by atoms with Gasteiger partial charge in [0, 0.05) is 60.6 Å². The van der Waals surface area contributed by atoms with Gasteiger partial charge in [0.05, 0.1) is 36.5 Å². The zero-order valence-corrected chi connectivity index (χ0v) is 25.2. The number of nitrogens with zero attached hydrogens (tertiary/aromatic N) is 7. The van der Waals surface area contributed by atoms with Crippen LogP contribution in [0, 0.1) is 11.3 Å². The van der Waals surface area contributed by atoms with Crippen LogP contribution in [0.1, 0.15) is 57.2 Å². The fourth-order valence-corrected chi connectivity index (χ4v) is 6.24. The number of aromatic nitrogens is 6. The van der Waals surface area contributed by atoms with Gasteiger partial charge in [-0.3, -0.25) is 9.58 Å². The summed E-state index contributed by atoms with van der Waals surface area (Å²) >= 11 is 0. The molecule has 45 heavy (non-hydrogen) atoms. The lowest BCUT2D eigenvalue weighted by atomic mass is 9.69. The monoisotopic (exact) mass is 623 g/mol. The summed E-state index contributed by atoms with van der Waals surface area (Å²) in [5.41, 5.74) is 0.719. The first-order chi connectivity index (χ1) is 21.5. The maximum Gasteiger partial charge on any atom is 0.433 e. The summed E-state index contributed by atoms with van der Waals surface area (Å²) in [6, 6.07) is 7.09. The Balaban J connectivity index is 1.08. The lowest BCUT2D eigenvalue weighted by Gasteiger charge is -2.52. The van der Waals surface area contributed by atoms with Gasteiger partial charge >= 0.3 is 6.18 Å². The third kappa shape index (κ3) is 6.51. The Morgan fingerprint density at radius 1 is 1.20 bits per heavy atom. The van der Waals surface area contributed by atoms with Crippen LogP contribution in [-0.2, 0) is 18.3 Å². The van der Waals surface area contributed by atoms with E-state index in [-0.39, 0.29) is 31.2 Å². The van der Waals surface area contributed by atoms with Crippen LogP contribution in [0.2, 0.25) is 0 Å². The van der Waals surface area contributed by atoms with Crippen molar-refractivity contribution in [1.82, 2.24) is 39.9 Å². The predicted octanol–water partition coefficient (Wildman–Crippen LogP) is 4.41. The normalized spacial score (nSPS) is 21.5. The highest BCUT2D eigenvalue weighted by atomic mass is 19.4. The van der Waals surface area contributed by atoms with Gasteiger partial charge in [0.1, 0.15) is 23.8 Å². The van der Waals surface area contributed by atoms with Crippen molar-refractivity contribution in [2.24, 2.45) is 0 Å². The molecule has 5 heterocycles. The summed E-state index contributed by atoms with van der Waals surface area (Å²) in [6.07, 6.45) is 5.38. The van der Waals surface area contributed by atoms with Crippen LogP contribution in [0.5, 0.6) is 5.88 Å². The number of nitriles is 1. The van der Waals surface area contributed by atoms with Crippen LogP contribution >= 0.6 is 0 Å². The fraction of sp³-hybridized carbons (Fsp3) is 0.516. The zero-order chi connectivity index (χ0) is 31.8. The summed E-state index contributed by atoms with van der Waals surface area (Å²) in [6.45, 7) is 4.97. The summed E-state index contributed by atoms with van der Waals surface area (Å²) < 4.78 is 48.7. The predicted molar refractivity (Wildman–Crippen MR) is 159 cm³/mol. The molecule has 6 rings (SSSR count). The van der Waals surface area contributed by atoms with Gasteiger partial charge in [-0.1, -0.05) is 0 Å². The van der Waals surface area contributed by atoms with Crippen molar-refractivity contribution in [2.75, 3.05) is 19.7 Å². The smallest absolute Gasteiger partial charge is 0.433 e. The number of aliphatic hydroxyl groups is 1. The third-order valence-electron chi connectivity index (χ3n) is 8.93. The SMILES string of the molecule is CC(C)(CO)NCc1cc(OC2CCN(C3CC(CC#N)(n4cc(-c5ncnc6[nH]ccc56)cn4)C3)CC2)nc(C(F)(F)F)c1. The highest BCUT2D eigenvalue weighted by Crippen LogP contribution is 2.45. The molecule has 2 fully saturated rings. The Morgan fingerprint density at radius 2 is 1.98 bits per heavy atom. The second kappa shape index (κ2) is 12.0. The molecule has 2 aliphatic rings. The highest BCUT2D eigenvalue weighted by Gasteiger charge is 2.49. The van der Waals surface area contributed by atoms with Gasteiger partial charge in [0.15, 0.2) is 0 Å². The molecule has 1 aliphatic heterocycles. The number of rotatable bonds is 10. The van der Waals surface area contributed by atoms with Crippen LogP contribution in [-0.4, -0.2) is 77.1 Å². The first-order valence-corrected chi connectivity index (χ1v) is 15.0. The first kappa shape index (κ1) is 30.9. The Kier molecular flexibility index (Phi) is 8.28. The van der Waals surface area contributed by atoms with Crippen molar-refractivity contribution in [2.45, 2.75) is 81.9 Å². The van der Waals surface area contributed by atoms with E-state index in [1.165, 1.54) is 12.4 Å².